The van der Waals surface area contributed by atoms with Crippen molar-refractivity contribution in [2.24, 2.45) is 11.8 Å². The number of hydrogen-bond donors (Lipinski definition) is 2. The van der Waals surface area contributed by atoms with Crippen LogP contribution in [0.15, 0.2) is 34.6 Å². The maximum atomic E-state index is 12.9. The van der Waals surface area contributed by atoms with Crippen molar-refractivity contribution in [1.82, 2.24) is 0 Å². The lowest BCUT2D eigenvalue weighted by atomic mass is 9.70. The first-order valence-corrected chi connectivity index (χ1v) is 9.02. The lowest BCUT2D eigenvalue weighted by Gasteiger charge is -2.34. The molecule has 0 fully saturated rings. The first kappa shape index (κ1) is 22.0. The van der Waals surface area contributed by atoms with E-state index in [4.69, 9.17) is 0 Å². The molecule has 0 amide bonds. The van der Waals surface area contributed by atoms with Crippen molar-refractivity contribution in [2.75, 3.05) is 0 Å². The molecule has 1 rings (SSSR count). The smallest absolute Gasteiger partial charge is 0.184 e. The average molecular weight is 362 g/mol. The van der Waals surface area contributed by atoms with E-state index in [9.17, 15) is 24.6 Å². The number of ketones is 3. The Balaban J connectivity index is 3.56. The van der Waals surface area contributed by atoms with Gasteiger partial charge in [0.05, 0.1) is 5.92 Å². The van der Waals surface area contributed by atoms with Crippen molar-refractivity contribution < 1.29 is 24.6 Å². The first-order valence-electron chi connectivity index (χ1n) is 9.02. The monoisotopic (exact) mass is 362 g/mol. The molecule has 0 bridgehead atoms. The van der Waals surface area contributed by atoms with Crippen LogP contribution >= 0.6 is 0 Å². The molecule has 5 heteroatoms. The van der Waals surface area contributed by atoms with Crippen molar-refractivity contribution in [1.29, 1.82) is 0 Å². The van der Waals surface area contributed by atoms with Gasteiger partial charge >= 0.3 is 0 Å². The lowest BCUT2D eigenvalue weighted by Crippen LogP contribution is -2.52. The number of aliphatic hydroxyl groups is 2. The molecular formula is C21H30O5. The van der Waals surface area contributed by atoms with Crippen LogP contribution in [0.3, 0.4) is 0 Å². The molecule has 1 aliphatic rings. The summed E-state index contributed by atoms with van der Waals surface area (Å²) in [4.78, 5) is 38.4. The maximum absolute atomic E-state index is 12.9. The molecule has 1 aliphatic carbocycles. The molecule has 5 nitrogen and oxygen atoms in total. The van der Waals surface area contributed by atoms with Gasteiger partial charge in [0.15, 0.2) is 23.0 Å². The average Bonchev–Trinajstić information content (AvgIpc) is 2.57. The summed E-state index contributed by atoms with van der Waals surface area (Å²) in [6, 6.07) is 0. The highest BCUT2D eigenvalue weighted by molar-refractivity contribution is 6.29. The molecule has 0 aromatic heterocycles. The predicted octanol–water partition coefficient (Wildman–Crippen LogP) is 3.63. The van der Waals surface area contributed by atoms with Crippen LogP contribution in [-0.2, 0) is 14.4 Å². The van der Waals surface area contributed by atoms with Gasteiger partial charge in [-0.1, -0.05) is 37.1 Å². The first-order chi connectivity index (χ1) is 12.0. The molecule has 0 aromatic carbocycles. The second-order valence-corrected chi connectivity index (χ2v) is 7.54. The summed E-state index contributed by atoms with van der Waals surface area (Å²) in [5.41, 5.74) is -0.890. The number of Topliss-reactive ketones (excluding diaryl/α,β-unsaturated/α-hetero) is 3. The molecule has 0 heterocycles. The summed E-state index contributed by atoms with van der Waals surface area (Å²) in [6.07, 6.45) is 3.77. The van der Waals surface area contributed by atoms with E-state index < -0.39 is 46.1 Å². The molecule has 2 N–H and O–H groups in total. The van der Waals surface area contributed by atoms with E-state index >= 15 is 0 Å². The van der Waals surface area contributed by atoms with Gasteiger partial charge in [0.1, 0.15) is 11.3 Å². The van der Waals surface area contributed by atoms with Crippen LogP contribution in [0, 0.1) is 11.8 Å². The minimum Gasteiger partial charge on any atom is -0.508 e. The maximum Gasteiger partial charge on any atom is 0.184 e. The van der Waals surface area contributed by atoms with Gasteiger partial charge in [-0.05, 0) is 40.5 Å². The van der Waals surface area contributed by atoms with Crippen LogP contribution in [0.1, 0.15) is 60.8 Å². The van der Waals surface area contributed by atoms with E-state index in [-0.39, 0.29) is 12.8 Å². The fourth-order valence-corrected chi connectivity index (χ4v) is 2.81. The van der Waals surface area contributed by atoms with E-state index in [1.165, 1.54) is 0 Å². The van der Waals surface area contributed by atoms with Gasteiger partial charge in [-0.15, -0.1) is 0 Å². The van der Waals surface area contributed by atoms with Crippen LogP contribution < -0.4 is 0 Å². The fraction of sp³-hybridized carbons (Fsp3) is 0.571. The zero-order valence-corrected chi connectivity index (χ0v) is 16.5. The molecule has 0 spiro atoms. The SMILES string of the molecule is CC[C@H](C)C(=O)C1=C(O)[C@@](O)(CC=C(C)C)C(=O)[C@H](CC=C(C)C)C1=O. The van der Waals surface area contributed by atoms with Gasteiger partial charge in [-0.3, -0.25) is 14.4 Å². The molecule has 3 atom stereocenters. The summed E-state index contributed by atoms with van der Waals surface area (Å²) in [7, 11) is 0. The summed E-state index contributed by atoms with van der Waals surface area (Å²) in [5, 5.41) is 21.5. The van der Waals surface area contributed by atoms with Crippen molar-refractivity contribution in [3.05, 3.63) is 34.6 Å². The third-order valence-electron chi connectivity index (χ3n) is 4.79. The largest absolute Gasteiger partial charge is 0.508 e. The zero-order valence-electron chi connectivity index (χ0n) is 16.5. The van der Waals surface area contributed by atoms with Crippen LogP contribution in [0.5, 0.6) is 0 Å². The van der Waals surface area contributed by atoms with E-state index in [1.54, 1.807) is 39.8 Å². The third-order valence-corrected chi connectivity index (χ3v) is 4.79. The summed E-state index contributed by atoms with van der Waals surface area (Å²) >= 11 is 0. The fourth-order valence-electron chi connectivity index (χ4n) is 2.81. The van der Waals surface area contributed by atoms with Gasteiger partial charge in [0, 0.05) is 12.3 Å². The zero-order chi connectivity index (χ0) is 20.2. The molecule has 0 saturated carbocycles. The van der Waals surface area contributed by atoms with Gasteiger partial charge in [-0.2, -0.15) is 0 Å². The minimum absolute atomic E-state index is 0.0989. The highest BCUT2D eigenvalue weighted by Crippen LogP contribution is 2.37. The van der Waals surface area contributed by atoms with Crippen LogP contribution in [-0.4, -0.2) is 33.2 Å². The molecule has 144 valence electrons. The Morgan fingerprint density at radius 2 is 1.69 bits per heavy atom. The summed E-state index contributed by atoms with van der Waals surface area (Å²) < 4.78 is 0. The van der Waals surface area contributed by atoms with Gasteiger partial charge in [0.25, 0.3) is 0 Å². The van der Waals surface area contributed by atoms with E-state index in [0.29, 0.717) is 6.42 Å². The number of carbonyl (C=O) groups excluding carboxylic acids is 3. The second kappa shape index (κ2) is 8.58. The van der Waals surface area contributed by atoms with Crippen molar-refractivity contribution in [2.45, 2.75) is 66.4 Å². The molecule has 0 saturated heterocycles. The van der Waals surface area contributed by atoms with Crippen LogP contribution in [0.4, 0.5) is 0 Å². The second-order valence-electron chi connectivity index (χ2n) is 7.54. The highest BCUT2D eigenvalue weighted by Gasteiger charge is 2.53. The van der Waals surface area contributed by atoms with Gasteiger partial charge in [0.2, 0.25) is 0 Å². The number of hydrogen-bond acceptors (Lipinski definition) is 5. The van der Waals surface area contributed by atoms with Crippen molar-refractivity contribution in [3.8, 4) is 0 Å². The summed E-state index contributed by atoms with van der Waals surface area (Å²) in [5.74, 6) is -4.43. The van der Waals surface area contributed by atoms with Crippen molar-refractivity contribution in [3.63, 3.8) is 0 Å². The van der Waals surface area contributed by atoms with Gasteiger partial charge in [-0.25, -0.2) is 0 Å². The number of rotatable bonds is 7. The van der Waals surface area contributed by atoms with E-state index in [2.05, 4.69) is 0 Å². The number of allylic oxidation sites excluding steroid dienone is 4. The Bertz CT molecular complexity index is 687. The predicted molar refractivity (Wildman–Crippen MR) is 101 cm³/mol. The lowest BCUT2D eigenvalue weighted by molar-refractivity contribution is -0.147. The van der Waals surface area contributed by atoms with Crippen LogP contribution in [0.25, 0.3) is 0 Å². The van der Waals surface area contributed by atoms with Crippen molar-refractivity contribution >= 4 is 17.3 Å². The topological polar surface area (TPSA) is 91.7 Å². The number of carbonyl (C=O) groups is 3. The van der Waals surface area contributed by atoms with E-state index in [0.717, 1.165) is 11.1 Å². The quantitative estimate of drug-likeness (QED) is 0.410. The Labute approximate surface area is 155 Å². The van der Waals surface area contributed by atoms with Gasteiger partial charge < -0.3 is 10.2 Å². The Morgan fingerprint density at radius 1 is 1.15 bits per heavy atom. The molecule has 26 heavy (non-hydrogen) atoms. The Kier molecular flexibility index (Phi) is 7.27. The molecular weight excluding hydrogens is 332 g/mol. The Hall–Kier alpha value is -2.01. The molecule has 0 aromatic rings. The Morgan fingerprint density at radius 3 is 2.15 bits per heavy atom. The standard InChI is InChI=1S/C21H30O5/c1-7-14(6)17(22)16-18(23)15(9-8-12(2)3)19(24)21(26,20(16)25)11-10-13(4)5/h8,10,14-15,25-26H,7,9,11H2,1-6H3/t14-,15+,21+/m0/s1. The third kappa shape index (κ3) is 4.39. The van der Waals surface area contributed by atoms with E-state index in [1.807, 2.05) is 13.8 Å². The van der Waals surface area contributed by atoms with Crippen LogP contribution in [0.2, 0.25) is 0 Å². The molecule has 0 unspecified atom stereocenters. The highest BCUT2D eigenvalue weighted by atomic mass is 16.3. The summed E-state index contributed by atoms with van der Waals surface area (Å²) in [6.45, 7) is 10.7. The molecule has 0 aliphatic heterocycles. The number of aliphatic hydroxyl groups excluding tert-OH is 1. The minimum atomic E-state index is -2.25. The normalized spacial score (nSPS) is 24.3. The molecule has 0 radical (unpaired) electrons.